The molecular formula is C66H108. The molecule has 10 atom stereocenters. The summed E-state index contributed by atoms with van der Waals surface area (Å²) in [5.74, 6) is 22.8. The summed E-state index contributed by atoms with van der Waals surface area (Å²) in [6.07, 6.45) is 71.3. The molecule has 10 unspecified atom stereocenters. The van der Waals surface area contributed by atoms with Crippen molar-refractivity contribution in [3.63, 3.8) is 0 Å². The van der Waals surface area contributed by atoms with Gasteiger partial charge in [0.2, 0.25) is 0 Å². The standard InChI is InChI=1S/C66H108/c1-4-19-46(20-5-1)47-39-41-48(42-40-47)52-25-18-26-53(44-52)64-56-29-12-16-33-60(56)66(61-34-17-13-30-57(61)64)65-58-31-14-10-27-54(58)63(55-28-11-15-32-59(55)65)51-37-35-45(36-38-51)43-62(49-21-6-2-7-22-49)50-23-8-3-9-24-50/h43,45-61,63-66H,1-42,44H2. The third-order valence-corrected chi connectivity index (χ3v) is 25.9. The molecule has 12 aliphatic carbocycles. The van der Waals surface area contributed by atoms with E-state index in [2.05, 4.69) is 6.08 Å². The summed E-state index contributed by atoms with van der Waals surface area (Å²) >= 11 is 0. The Morgan fingerprint density at radius 3 is 0.955 bits per heavy atom. The fourth-order valence-electron chi connectivity index (χ4n) is 23.6. The molecule has 0 aromatic carbocycles. The summed E-state index contributed by atoms with van der Waals surface area (Å²) < 4.78 is 0. The lowest BCUT2D eigenvalue weighted by atomic mass is 9.39. The highest BCUT2D eigenvalue weighted by Crippen LogP contribution is 2.68. The SMILES string of the molecule is C(=C(C1CCCCC1)C1CCCCC1)C1CCC(C2C3CCCCC3C(C3C4CCCCC4C(C4CCCC(C5CCC(C6CCCCC6)CC5)C4)C4CCCCC43)C3CCCCC32)CC1. The summed E-state index contributed by atoms with van der Waals surface area (Å²) in [5, 5.41) is 0. The molecule has 12 saturated carbocycles. The zero-order valence-electron chi connectivity index (χ0n) is 43.6. The molecule has 0 aromatic rings. The highest BCUT2D eigenvalue weighted by molar-refractivity contribution is 5.16. The number of fused-ring (bicyclic) bond motifs is 4. The summed E-state index contributed by atoms with van der Waals surface area (Å²) in [7, 11) is 0. The maximum Gasteiger partial charge on any atom is -0.0200 e. The minimum Gasteiger partial charge on any atom is -0.0817 e. The average molecular weight is 902 g/mol. The van der Waals surface area contributed by atoms with Gasteiger partial charge in [-0.1, -0.05) is 153 Å². The van der Waals surface area contributed by atoms with Crippen LogP contribution in [0.5, 0.6) is 0 Å². The molecule has 12 fully saturated rings. The molecular weight excluding hydrogens is 793 g/mol. The Balaban J connectivity index is 0.774. The zero-order chi connectivity index (χ0) is 43.8. The van der Waals surface area contributed by atoms with Gasteiger partial charge in [-0.2, -0.15) is 0 Å². The van der Waals surface area contributed by atoms with E-state index in [1.54, 1.807) is 205 Å². The number of hydrogen-bond donors (Lipinski definition) is 0. The molecule has 0 nitrogen and oxygen atoms in total. The first-order valence-electron chi connectivity index (χ1n) is 32.5. The lowest BCUT2D eigenvalue weighted by Gasteiger charge is -2.66. The molecule has 12 aliphatic rings. The van der Waals surface area contributed by atoms with Crippen molar-refractivity contribution in [1.82, 2.24) is 0 Å². The van der Waals surface area contributed by atoms with Gasteiger partial charge in [-0.25, -0.2) is 0 Å². The maximum absolute atomic E-state index is 3.04. The summed E-state index contributed by atoms with van der Waals surface area (Å²) in [4.78, 5) is 0. The van der Waals surface area contributed by atoms with Crippen molar-refractivity contribution in [2.24, 2.45) is 124 Å². The first kappa shape index (κ1) is 46.8. The minimum absolute atomic E-state index is 0.920. The lowest BCUT2D eigenvalue weighted by molar-refractivity contribution is -0.174. The van der Waals surface area contributed by atoms with E-state index < -0.39 is 0 Å². The third-order valence-electron chi connectivity index (χ3n) is 25.9. The quantitative estimate of drug-likeness (QED) is 0.213. The maximum atomic E-state index is 3.04. The average Bonchev–Trinajstić information content (AvgIpc) is 3.40. The normalized spacial score (nSPS) is 47.9. The lowest BCUT2D eigenvalue weighted by Crippen LogP contribution is -2.59. The van der Waals surface area contributed by atoms with Crippen LogP contribution >= 0.6 is 0 Å². The predicted octanol–water partition coefficient (Wildman–Crippen LogP) is 19.8. The van der Waals surface area contributed by atoms with Crippen LogP contribution in [0.15, 0.2) is 11.6 Å². The molecule has 372 valence electrons. The topological polar surface area (TPSA) is 0 Å². The fraction of sp³-hybridized carbons (Fsp3) is 0.970. The van der Waals surface area contributed by atoms with E-state index in [0.29, 0.717) is 0 Å². The van der Waals surface area contributed by atoms with Gasteiger partial charge in [-0.05, 0) is 259 Å². The Morgan fingerprint density at radius 2 is 0.515 bits per heavy atom. The van der Waals surface area contributed by atoms with Crippen LogP contribution in [0.4, 0.5) is 0 Å². The van der Waals surface area contributed by atoms with Gasteiger partial charge >= 0.3 is 0 Å². The molecule has 66 heavy (non-hydrogen) atoms. The first-order valence-corrected chi connectivity index (χ1v) is 32.5. The van der Waals surface area contributed by atoms with Crippen molar-refractivity contribution >= 4 is 0 Å². The molecule has 0 saturated heterocycles. The first-order chi connectivity index (χ1) is 32.8. The molecule has 0 heteroatoms. The minimum atomic E-state index is 0.920. The fourth-order valence-corrected chi connectivity index (χ4v) is 23.6. The monoisotopic (exact) mass is 901 g/mol. The summed E-state index contributed by atoms with van der Waals surface area (Å²) in [6, 6.07) is 0. The van der Waals surface area contributed by atoms with Gasteiger partial charge in [0.1, 0.15) is 0 Å². The van der Waals surface area contributed by atoms with Gasteiger partial charge in [0.25, 0.3) is 0 Å². The number of allylic oxidation sites excluding steroid dienone is 2. The van der Waals surface area contributed by atoms with E-state index in [1.807, 2.05) is 5.57 Å². The molecule has 0 amide bonds. The van der Waals surface area contributed by atoms with E-state index in [0.717, 1.165) is 124 Å². The van der Waals surface area contributed by atoms with Crippen molar-refractivity contribution in [2.75, 3.05) is 0 Å². The van der Waals surface area contributed by atoms with Crippen molar-refractivity contribution < 1.29 is 0 Å². The van der Waals surface area contributed by atoms with E-state index in [1.165, 1.54) is 70.6 Å². The smallest absolute Gasteiger partial charge is 0.0200 e. The van der Waals surface area contributed by atoms with Crippen molar-refractivity contribution in [2.45, 2.75) is 276 Å². The van der Waals surface area contributed by atoms with Crippen LogP contribution in [0, 0.1) is 124 Å². The van der Waals surface area contributed by atoms with E-state index >= 15 is 0 Å². The summed E-state index contributed by atoms with van der Waals surface area (Å²) in [5.41, 5.74) is 2.03. The molecule has 0 aromatic heterocycles. The van der Waals surface area contributed by atoms with Crippen LogP contribution in [-0.2, 0) is 0 Å². The molecule has 0 spiro atoms. The Hall–Kier alpha value is -0.260. The molecule has 0 bridgehead atoms. The van der Waals surface area contributed by atoms with Crippen molar-refractivity contribution in [3.8, 4) is 0 Å². The Kier molecular flexibility index (Phi) is 15.5. The highest BCUT2D eigenvalue weighted by atomic mass is 14.7. The number of rotatable bonds is 8. The molecule has 12 rings (SSSR count). The van der Waals surface area contributed by atoms with Gasteiger partial charge < -0.3 is 0 Å². The van der Waals surface area contributed by atoms with Crippen molar-refractivity contribution in [3.05, 3.63) is 11.6 Å². The van der Waals surface area contributed by atoms with Gasteiger partial charge in [-0.15, -0.1) is 0 Å². The second kappa shape index (κ2) is 21.8. The predicted molar refractivity (Wildman–Crippen MR) is 280 cm³/mol. The largest absolute Gasteiger partial charge is 0.0817 e. The second-order valence-corrected chi connectivity index (χ2v) is 28.5. The van der Waals surface area contributed by atoms with Gasteiger partial charge in [0.05, 0.1) is 0 Å². The van der Waals surface area contributed by atoms with Crippen molar-refractivity contribution in [1.29, 1.82) is 0 Å². The Morgan fingerprint density at radius 1 is 0.212 bits per heavy atom. The molecule has 0 N–H and O–H groups in total. The van der Waals surface area contributed by atoms with Crippen LogP contribution in [0.1, 0.15) is 276 Å². The summed E-state index contributed by atoms with van der Waals surface area (Å²) in [6.45, 7) is 0. The third kappa shape index (κ3) is 9.59. The Bertz CT molecular complexity index is 1450. The van der Waals surface area contributed by atoms with Gasteiger partial charge in [0, 0.05) is 0 Å². The van der Waals surface area contributed by atoms with Crippen LogP contribution in [0.25, 0.3) is 0 Å². The van der Waals surface area contributed by atoms with Crippen LogP contribution in [0.2, 0.25) is 0 Å². The van der Waals surface area contributed by atoms with Gasteiger partial charge in [-0.3, -0.25) is 0 Å². The highest BCUT2D eigenvalue weighted by Gasteiger charge is 2.61. The van der Waals surface area contributed by atoms with E-state index in [9.17, 15) is 0 Å². The molecule has 0 aliphatic heterocycles. The van der Waals surface area contributed by atoms with Crippen LogP contribution in [-0.4, -0.2) is 0 Å². The van der Waals surface area contributed by atoms with E-state index in [-0.39, 0.29) is 0 Å². The number of hydrogen-bond acceptors (Lipinski definition) is 0. The van der Waals surface area contributed by atoms with Crippen LogP contribution < -0.4 is 0 Å². The van der Waals surface area contributed by atoms with Crippen LogP contribution in [0.3, 0.4) is 0 Å². The Labute approximate surface area is 410 Å². The second-order valence-electron chi connectivity index (χ2n) is 28.5. The zero-order valence-corrected chi connectivity index (χ0v) is 43.6. The molecule has 0 heterocycles. The molecule has 0 radical (unpaired) electrons. The van der Waals surface area contributed by atoms with Gasteiger partial charge in [0.15, 0.2) is 0 Å². The van der Waals surface area contributed by atoms with E-state index in [4.69, 9.17) is 0 Å².